The van der Waals surface area contributed by atoms with Crippen molar-refractivity contribution in [2.45, 2.75) is 45.1 Å². The second-order valence-electron chi connectivity index (χ2n) is 4.28. The second-order valence-corrected chi connectivity index (χ2v) is 4.28. The number of hydrogen-bond donors (Lipinski definition) is 2. The third-order valence-electron chi connectivity index (χ3n) is 3.28. The van der Waals surface area contributed by atoms with Gasteiger partial charge in [-0.3, -0.25) is 0 Å². The van der Waals surface area contributed by atoms with E-state index in [9.17, 15) is 9.90 Å². The van der Waals surface area contributed by atoms with Crippen LogP contribution in [0.3, 0.4) is 0 Å². The zero-order chi connectivity index (χ0) is 11.3. The maximum atomic E-state index is 11.6. The lowest BCUT2D eigenvalue weighted by molar-refractivity contribution is 0.0338. The molecule has 0 aromatic carbocycles. The molecule has 2 amide bonds. The Bertz CT molecular complexity index is 209. The fourth-order valence-corrected chi connectivity index (χ4v) is 1.77. The van der Waals surface area contributed by atoms with E-state index < -0.39 is 5.60 Å². The normalized spacial score (nSPS) is 16.9. The molecule has 0 aliphatic carbocycles. The summed E-state index contributed by atoms with van der Waals surface area (Å²) in [5.74, 6) is 0. The van der Waals surface area contributed by atoms with Crippen LogP contribution in [0.1, 0.15) is 39.5 Å². The van der Waals surface area contributed by atoms with Gasteiger partial charge in [0, 0.05) is 19.6 Å². The molecule has 1 fully saturated rings. The molecule has 0 aromatic heterocycles. The van der Waals surface area contributed by atoms with Gasteiger partial charge in [-0.15, -0.1) is 0 Å². The zero-order valence-electron chi connectivity index (χ0n) is 9.75. The van der Waals surface area contributed by atoms with Crippen LogP contribution in [-0.4, -0.2) is 41.3 Å². The maximum absolute atomic E-state index is 11.6. The fraction of sp³-hybridized carbons (Fsp3) is 0.909. The van der Waals surface area contributed by atoms with E-state index in [1.807, 2.05) is 18.7 Å². The number of likely N-dealkylation sites (tertiary alicyclic amines) is 1. The van der Waals surface area contributed by atoms with Gasteiger partial charge in [0.1, 0.15) is 0 Å². The molecule has 1 heterocycles. The van der Waals surface area contributed by atoms with Crippen LogP contribution in [0.5, 0.6) is 0 Å². The van der Waals surface area contributed by atoms with Crippen molar-refractivity contribution >= 4 is 6.03 Å². The summed E-state index contributed by atoms with van der Waals surface area (Å²) in [6, 6.07) is -0.0344. The summed E-state index contributed by atoms with van der Waals surface area (Å²) in [7, 11) is 0. The molecule has 2 N–H and O–H groups in total. The zero-order valence-corrected chi connectivity index (χ0v) is 9.75. The first-order chi connectivity index (χ1) is 7.11. The largest absolute Gasteiger partial charge is 0.388 e. The molecule has 1 aliphatic rings. The Morgan fingerprint density at radius 3 is 2.33 bits per heavy atom. The molecule has 0 spiro atoms. The van der Waals surface area contributed by atoms with Crippen LogP contribution in [0.4, 0.5) is 4.79 Å². The highest BCUT2D eigenvalue weighted by molar-refractivity contribution is 5.74. The highest BCUT2D eigenvalue weighted by Gasteiger charge is 2.25. The minimum absolute atomic E-state index is 0.0344. The van der Waals surface area contributed by atoms with Crippen LogP contribution in [0.15, 0.2) is 0 Å². The van der Waals surface area contributed by atoms with Crippen molar-refractivity contribution in [3.8, 4) is 0 Å². The van der Waals surface area contributed by atoms with Gasteiger partial charge in [0.25, 0.3) is 0 Å². The molecule has 1 aliphatic heterocycles. The number of nitrogens with one attached hydrogen (secondary N) is 1. The molecule has 0 saturated carbocycles. The topological polar surface area (TPSA) is 52.6 Å². The molecule has 0 bridgehead atoms. The summed E-state index contributed by atoms with van der Waals surface area (Å²) in [5.41, 5.74) is -0.741. The maximum Gasteiger partial charge on any atom is 0.317 e. The van der Waals surface area contributed by atoms with Gasteiger partial charge in [-0.05, 0) is 25.7 Å². The van der Waals surface area contributed by atoms with Gasteiger partial charge in [0.2, 0.25) is 0 Å². The highest BCUT2D eigenvalue weighted by atomic mass is 16.3. The van der Waals surface area contributed by atoms with Crippen LogP contribution >= 0.6 is 0 Å². The SMILES string of the molecule is CCC(O)(CC)CNC(=O)N1CCCC1. The Morgan fingerprint density at radius 1 is 1.33 bits per heavy atom. The van der Waals surface area contributed by atoms with Gasteiger partial charge in [0.05, 0.1) is 5.60 Å². The standard InChI is InChI=1S/C11H22N2O2/c1-3-11(15,4-2)9-12-10(14)13-7-5-6-8-13/h15H,3-9H2,1-2H3,(H,12,14). The molecular formula is C11H22N2O2. The number of aliphatic hydroxyl groups is 1. The predicted octanol–water partition coefficient (Wildman–Crippen LogP) is 1.34. The van der Waals surface area contributed by atoms with Crippen LogP contribution in [0.2, 0.25) is 0 Å². The van der Waals surface area contributed by atoms with E-state index in [-0.39, 0.29) is 6.03 Å². The van der Waals surface area contributed by atoms with Gasteiger partial charge >= 0.3 is 6.03 Å². The van der Waals surface area contributed by atoms with E-state index in [2.05, 4.69) is 5.32 Å². The second kappa shape index (κ2) is 5.35. The Balaban J connectivity index is 2.32. The Labute approximate surface area is 91.6 Å². The van der Waals surface area contributed by atoms with Crippen molar-refractivity contribution < 1.29 is 9.90 Å². The molecule has 4 nitrogen and oxygen atoms in total. The number of rotatable bonds is 4. The number of carbonyl (C=O) groups excluding carboxylic acids is 1. The molecule has 0 unspecified atom stereocenters. The van der Waals surface area contributed by atoms with Gasteiger partial charge in [-0.25, -0.2) is 4.79 Å². The van der Waals surface area contributed by atoms with Gasteiger partial charge in [0.15, 0.2) is 0 Å². The van der Waals surface area contributed by atoms with E-state index >= 15 is 0 Å². The molecule has 1 rings (SSSR count). The third-order valence-corrected chi connectivity index (χ3v) is 3.28. The number of hydrogen-bond acceptors (Lipinski definition) is 2. The average Bonchev–Trinajstić information content (AvgIpc) is 2.79. The first-order valence-electron chi connectivity index (χ1n) is 5.86. The minimum atomic E-state index is -0.741. The molecule has 15 heavy (non-hydrogen) atoms. The van der Waals surface area contributed by atoms with Crippen LogP contribution < -0.4 is 5.32 Å². The third kappa shape index (κ3) is 3.38. The average molecular weight is 214 g/mol. The van der Waals surface area contributed by atoms with Crippen LogP contribution in [0, 0.1) is 0 Å². The van der Waals surface area contributed by atoms with Gasteiger partial charge in [-0.1, -0.05) is 13.8 Å². The number of nitrogens with zero attached hydrogens (tertiary/aromatic N) is 1. The summed E-state index contributed by atoms with van der Waals surface area (Å²) < 4.78 is 0. The molecule has 88 valence electrons. The lowest BCUT2D eigenvalue weighted by Gasteiger charge is -2.27. The monoisotopic (exact) mass is 214 g/mol. The Kier molecular flexibility index (Phi) is 4.39. The van der Waals surface area contributed by atoms with Crippen molar-refractivity contribution in [1.29, 1.82) is 0 Å². The lowest BCUT2D eigenvalue weighted by Crippen LogP contribution is -2.46. The van der Waals surface area contributed by atoms with E-state index in [1.165, 1.54) is 0 Å². The van der Waals surface area contributed by atoms with Crippen molar-refractivity contribution in [2.24, 2.45) is 0 Å². The van der Waals surface area contributed by atoms with Crippen molar-refractivity contribution in [1.82, 2.24) is 10.2 Å². The van der Waals surface area contributed by atoms with E-state index in [4.69, 9.17) is 0 Å². The van der Waals surface area contributed by atoms with Crippen LogP contribution in [0.25, 0.3) is 0 Å². The van der Waals surface area contributed by atoms with Crippen LogP contribution in [-0.2, 0) is 0 Å². The molecule has 0 aromatic rings. The molecular weight excluding hydrogens is 192 g/mol. The smallest absolute Gasteiger partial charge is 0.317 e. The summed E-state index contributed by atoms with van der Waals surface area (Å²) in [4.78, 5) is 13.4. The first-order valence-corrected chi connectivity index (χ1v) is 5.86. The molecule has 4 heteroatoms. The Morgan fingerprint density at radius 2 is 1.87 bits per heavy atom. The first kappa shape index (κ1) is 12.3. The van der Waals surface area contributed by atoms with Gasteiger partial charge in [-0.2, -0.15) is 0 Å². The van der Waals surface area contributed by atoms with Crippen molar-refractivity contribution in [2.75, 3.05) is 19.6 Å². The fourth-order valence-electron chi connectivity index (χ4n) is 1.77. The van der Waals surface area contributed by atoms with E-state index in [0.29, 0.717) is 19.4 Å². The predicted molar refractivity (Wildman–Crippen MR) is 59.7 cm³/mol. The quantitative estimate of drug-likeness (QED) is 0.742. The number of carbonyl (C=O) groups is 1. The van der Waals surface area contributed by atoms with E-state index in [0.717, 1.165) is 25.9 Å². The summed E-state index contributed by atoms with van der Waals surface area (Å²) in [6.45, 7) is 5.93. The van der Waals surface area contributed by atoms with Crippen molar-refractivity contribution in [3.05, 3.63) is 0 Å². The minimum Gasteiger partial charge on any atom is -0.388 e. The van der Waals surface area contributed by atoms with Gasteiger partial charge < -0.3 is 15.3 Å². The summed E-state index contributed by atoms with van der Waals surface area (Å²) in [6.07, 6.45) is 3.53. The highest BCUT2D eigenvalue weighted by Crippen LogP contribution is 2.13. The Hall–Kier alpha value is -0.770. The van der Waals surface area contributed by atoms with Crippen molar-refractivity contribution in [3.63, 3.8) is 0 Å². The molecule has 0 atom stereocenters. The number of amides is 2. The molecule has 1 saturated heterocycles. The summed E-state index contributed by atoms with van der Waals surface area (Å²) >= 11 is 0. The summed E-state index contributed by atoms with van der Waals surface area (Å²) in [5, 5.41) is 12.8. The molecule has 0 radical (unpaired) electrons. The number of urea groups is 1. The lowest BCUT2D eigenvalue weighted by atomic mass is 9.98. The van der Waals surface area contributed by atoms with E-state index in [1.54, 1.807) is 0 Å².